The summed E-state index contributed by atoms with van der Waals surface area (Å²) in [6.45, 7) is 8.58. The summed E-state index contributed by atoms with van der Waals surface area (Å²) in [6.07, 6.45) is 4.40. The third kappa shape index (κ3) is 4.77. The number of fused-ring (bicyclic) bond motifs is 1. The molecule has 0 amide bonds. The highest BCUT2D eigenvalue weighted by Gasteiger charge is 2.25. The number of aromatic nitrogens is 3. The number of halogens is 1. The van der Waals surface area contributed by atoms with Crippen molar-refractivity contribution in [2.75, 3.05) is 37.7 Å². The van der Waals surface area contributed by atoms with Gasteiger partial charge in [0.25, 0.3) is 0 Å². The Bertz CT molecular complexity index is 1030. The number of hydrogen-bond donors (Lipinski definition) is 0. The maximum Gasteiger partial charge on any atom is 0.160 e. The second-order valence-electron chi connectivity index (χ2n) is 8.76. The molecule has 2 fully saturated rings. The van der Waals surface area contributed by atoms with Crippen LogP contribution in [-0.4, -0.2) is 62.1 Å². The van der Waals surface area contributed by atoms with Crippen molar-refractivity contribution in [3.63, 3.8) is 0 Å². The van der Waals surface area contributed by atoms with Crippen LogP contribution >= 0.6 is 23.4 Å². The zero-order valence-electron chi connectivity index (χ0n) is 18.1. The normalized spacial score (nSPS) is 21.0. The molecule has 2 aliphatic rings. The summed E-state index contributed by atoms with van der Waals surface area (Å²) in [4.78, 5) is 9.87. The van der Waals surface area contributed by atoms with Gasteiger partial charge in [-0.05, 0) is 50.1 Å². The van der Waals surface area contributed by atoms with E-state index in [9.17, 15) is 0 Å². The molecule has 164 valence electrons. The standard InChI is InChI=1S/C24H30ClN5S/c1-18-22(17-28-11-13-31-14-12-28)24-26-9-8-23(30(24)27-18)20-3-2-10-29(16-20)15-19-4-6-21(25)7-5-19/h4-9,20H,2-3,10-17H2,1H3. The maximum absolute atomic E-state index is 6.06. The summed E-state index contributed by atoms with van der Waals surface area (Å²) >= 11 is 8.11. The maximum atomic E-state index is 6.06. The first-order chi connectivity index (χ1) is 15.2. The van der Waals surface area contributed by atoms with Gasteiger partial charge in [-0.1, -0.05) is 23.7 Å². The Balaban J connectivity index is 1.36. The highest BCUT2D eigenvalue weighted by molar-refractivity contribution is 7.99. The van der Waals surface area contributed by atoms with Crippen molar-refractivity contribution in [3.05, 3.63) is 64.1 Å². The Morgan fingerprint density at radius 2 is 1.84 bits per heavy atom. The van der Waals surface area contributed by atoms with Gasteiger partial charge < -0.3 is 0 Å². The molecule has 31 heavy (non-hydrogen) atoms. The molecule has 2 saturated heterocycles. The molecular weight excluding hydrogens is 426 g/mol. The number of rotatable bonds is 5. The lowest BCUT2D eigenvalue weighted by atomic mass is 9.94. The largest absolute Gasteiger partial charge is 0.298 e. The molecule has 0 saturated carbocycles. The van der Waals surface area contributed by atoms with Crippen molar-refractivity contribution >= 4 is 29.0 Å². The van der Waals surface area contributed by atoms with Gasteiger partial charge in [0, 0.05) is 66.9 Å². The van der Waals surface area contributed by atoms with Crippen LogP contribution in [0.2, 0.25) is 5.02 Å². The number of piperidine rings is 1. The third-order valence-corrected chi connectivity index (χ3v) is 7.77. The summed E-state index contributed by atoms with van der Waals surface area (Å²) in [5, 5.41) is 5.76. The summed E-state index contributed by atoms with van der Waals surface area (Å²) in [7, 11) is 0. The fourth-order valence-corrected chi connectivity index (χ4v) is 5.99. The second kappa shape index (κ2) is 9.49. The van der Waals surface area contributed by atoms with Crippen molar-refractivity contribution in [2.24, 2.45) is 0 Å². The summed E-state index contributed by atoms with van der Waals surface area (Å²) in [5.74, 6) is 2.93. The summed E-state index contributed by atoms with van der Waals surface area (Å²) in [6, 6.07) is 10.4. The van der Waals surface area contributed by atoms with E-state index in [1.165, 1.54) is 41.2 Å². The average molecular weight is 456 g/mol. The highest BCUT2D eigenvalue weighted by Crippen LogP contribution is 2.29. The molecule has 1 aromatic carbocycles. The number of nitrogens with zero attached hydrogens (tertiary/aromatic N) is 5. The Hall–Kier alpha value is -1.60. The highest BCUT2D eigenvalue weighted by atomic mass is 35.5. The molecule has 3 aromatic rings. The predicted molar refractivity (Wildman–Crippen MR) is 129 cm³/mol. The molecule has 1 atom stereocenters. The van der Waals surface area contributed by atoms with Crippen LogP contribution < -0.4 is 0 Å². The van der Waals surface area contributed by atoms with Gasteiger partial charge in [-0.15, -0.1) is 0 Å². The SMILES string of the molecule is Cc1nn2c(C3CCCN(Cc4ccc(Cl)cc4)C3)ccnc2c1CN1CCSCC1. The Morgan fingerprint density at radius 1 is 1.03 bits per heavy atom. The molecule has 2 aromatic heterocycles. The van der Waals surface area contributed by atoms with Crippen LogP contribution in [0.3, 0.4) is 0 Å². The van der Waals surface area contributed by atoms with E-state index < -0.39 is 0 Å². The zero-order chi connectivity index (χ0) is 21.2. The molecule has 0 aliphatic carbocycles. The molecule has 5 nitrogen and oxygen atoms in total. The molecule has 1 unspecified atom stereocenters. The monoisotopic (exact) mass is 455 g/mol. The van der Waals surface area contributed by atoms with Gasteiger partial charge in [-0.2, -0.15) is 16.9 Å². The molecule has 0 N–H and O–H groups in total. The van der Waals surface area contributed by atoms with Crippen LogP contribution in [0.25, 0.3) is 5.65 Å². The summed E-state index contributed by atoms with van der Waals surface area (Å²) in [5.41, 5.74) is 6.08. The molecule has 7 heteroatoms. The lowest BCUT2D eigenvalue weighted by Crippen LogP contribution is -2.34. The van der Waals surface area contributed by atoms with Crippen LogP contribution in [-0.2, 0) is 13.1 Å². The van der Waals surface area contributed by atoms with Crippen LogP contribution in [0.5, 0.6) is 0 Å². The topological polar surface area (TPSA) is 36.7 Å². The van der Waals surface area contributed by atoms with Crippen LogP contribution in [0.1, 0.15) is 41.3 Å². The van der Waals surface area contributed by atoms with E-state index in [4.69, 9.17) is 21.7 Å². The minimum absolute atomic E-state index is 0.477. The molecule has 0 spiro atoms. The third-order valence-electron chi connectivity index (χ3n) is 6.57. The van der Waals surface area contributed by atoms with Crippen molar-refractivity contribution in [2.45, 2.75) is 38.8 Å². The lowest BCUT2D eigenvalue weighted by Gasteiger charge is -2.33. The molecular formula is C24H30ClN5S. The van der Waals surface area contributed by atoms with E-state index in [1.54, 1.807) is 0 Å². The number of thioether (sulfide) groups is 1. The lowest BCUT2D eigenvalue weighted by molar-refractivity contribution is 0.197. The predicted octanol–water partition coefficient (Wildman–Crippen LogP) is 4.62. The van der Waals surface area contributed by atoms with Crippen molar-refractivity contribution in [3.8, 4) is 0 Å². The van der Waals surface area contributed by atoms with Gasteiger partial charge in [0.1, 0.15) is 0 Å². The molecule has 5 rings (SSSR count). The fraction of sp³-hybridized carbons (Fsp3) is 0.500. The van der Waals surface area contributed by atoms with Gasteiger partial charge in [0.2, 0.25) is 0 Å². The van der Waals surface area contributed by atoms with Crippen LogP contribution in [0.15, 0.2) is 36.5 Å². The molecule has 0 bridgehead atoms. The minimum atomic E-state index is 0.477. The number of hydrogen-bond acceptors (Lipinski definition) is 5. The van der Waals surface area contributed by atoms with E-state index in [-0.39, 0.29) is 0 Å². The first-order valence-corrected chi connectivity index (χ1v) is 12.8. The average Bonchev–Trinajstić information content (AvgIpc) is 3.11. The molecule has 0 radical (unpaired) electrons. The van der Waals surface area contributed by atoms with Crippen molar-refractivity contribution in [1.29, 1.82) is 0 Å². The quantitative estimate of drug-likeness (QED) is 0.561. The molecule has 2 aliphatic heterocycles. The second-order valence-corrected chi connectivity index (χ2v) is 10.4. The van der Waals surface area contributed by atoms with Gasteiger partial charge >= 0.3 is 0 Å². The minimum Gasteiger partial charge on any atom is -0.298 e. The van der Waals surface area contributed by atoms with Crippen molar-refractivity contribution in [1.82, 2.24) is 24.4 Å². The Labute approximate surface area is 193 Å². The van der Waals surface area contributed by atoms with E-state index in [0.29, 0.717) is 5.92 Å². The Morgan fingerprint density at radius 3 is 2.65 bits per heavy atom. The summed E-state index contributed by atoms with van der Waals surface area (Å²) < 4.78 is 2.14. The zero-order valence-corrected chi connectivity index (χ0v) is 19.7. The number of likely N-dealkylation sites (tertiary alicyclic amines) is 1. The van der Waals surface area contributed by atoms with Crippen LogP contribution in [0.4, 0.5) is 0 Å². The smallest absolute Gasteiger partial charge is 0.160 e. The van der Waals surface area contributed by atoms with Gasteiger partial charge in [0.05, 0.1) is 11.4 Å². The van der Waals surface area contributed by atoms with Gasteiger partial charge in [-0.25, -0.2) is 9.50 Å². The first kappa shape index (κ1) is 21.3. The van der Waals surface area contributed by atoms with Crippen molar-refractivity contribution < 1.29 is 0 Å². The van der Waals surface area contributed by atoms with Gasteiger partial charge in [0.15, 0.2) is 5.65 Å². The first-order valence-electron chi connectivity index (χ1n) is 11.3. The number of benzene rings is 1. The Kier molecular flexibility index (Phi) is 6.51. The van der Waals surface area contributed by atoms with E-state index in [0.717, 1.165) is 55.6 Å². The molecule has 4 heterocycles. The van der Waals surface area contributed by atoms with Crippen LogP contribution in [0, 0.1) is 6.92 Å². The van der Waals surface area contributed by atoms with Gasteiger partial charge in [-0.3, -0.25) is 9.80 Å². The van der Waals surface area contributed by atoms with E-state index >= 15 is 0 Å². The van der Waals surface area contributed by atoms with E-state index in [2.05, 4.69) is 51.2 Å². The fourth-order valence-electron chi connectivity index (χ4n) is 4.88. The number of aryl methyl sites for hydroxylation is 1. The van der Waals surface area contributed by atoms with E-state index in [1.807, 2.05) is 18.3 Å².